The average Bonchev–Trinajstić information content (AvgIpc) is 3.05. The highest BCUT2D eigenvalue weighted by atomic mass is 15.2. The van der Waals surface area contributed by atoms with Crippen LogP contribution in [-0.4, -0.2) is 56.1 Å². The van der Waals surface area contributed by atoms with E-state index in [2.05, 4.69) is 23.9 Å². The molecule has 1 heterocycles. The summed E-state index contributed by atoms with van der Waals surface area (Å²) in [4.78, 5) is 4.98. The molecule has 0 radical (unpaired) electrons. The van der Waals surface area contributed by atoms with Gasteiger partial charge in [0.05, 0.1) is 0 Å². The smallest absolute Gasteiger partial charge is 0.0246 e. The summed E-state index contributed by atoms with van der Waals surface area (Å²) in [5, 5.41) is 0. The van der Waals surface area contributed by atoms with Crippen LogP contribution < -0.4 is 5.73 Å². The molecule has 0 amide bonds. The summed E-state index contributed by atoms with van der Waals surface area (Å²) < 4.78 is 0. The number of likely N-dealkylation sites (tertiary alicyclic amines) is 1. The van der Waals surface area contributed by atoms with Crippen molar-refractivity contribution in [1.29, 1.82) is 0 Å². The fraction of sp³-hybridized carbons (Fsp3) is 1.00. The molecule has 3 heteroatoms. The maximum Gasteiger partial charge on any atom is 0.0246 e. The predicted molar refractivity (Wildman–Crippen MR) is 68.4 cm³/mol. The fourth-order valence-electron chi connectivity index (χ4n) is 3.10. The second-order valence-electron chi connectivity index (χ2n) is 5.88. The van der Waals surface area contributed by atoms with Gasteiger partial charge in [-0.3, -0.25) is 4.90 Å². The summed E-state index contributed by atoms with van der Waals surface area (Å²) in [5.41, 5.74) is 5.91. The Hall–Kier alpha value is -0.120. The van der Waals surface area contributed by atoms with Gasteiger partial charge in [0.15, 0.2) is 0 Å². The summed E-state index contributed by atoms with van der Waals surface area (Å²) in [7, 11) is 4.36. The fourth-order valence-corrected chi connectivity index (χ4v) is 3.10. The van der Waals surface area contributed by atoms with Crippen molar-refractivity contribution in [3.8, 4) is 0 Å². The minimum atomic E-state index is 0.695. The molecular weight excluding hydrogens is 198 g/mol. The van der Waals surface area contributed by atoms with Crippen molar-refractivity contribution in [2.75, 3.05) is 40.3 Å². The lowest BCUT2D eigenvalue weighted by Crippen LogP contribution is -2.47. The Kier molecular flexibility index (Phi) is 4.22. The summed E-state index contributed by atoms with van der Waals surface area (Å²) in [6.45, 7) is 4.67. The molecule has 0 aromatic heterocycles. The lowest BCUT2D eigenvalue weighted by atomic mass is 9.94. The molecule has 0 bridgehead atoms. The van der Waals surface area contributed by atoms with Crippen molar-refractivity contribution in [3.63, 3.8) is 0 Å². The van der Waals surface area contributed by atoms with Gasteiger partial charge in [0, 0.05) is 19.1 Å². The minimum Gasteiger partial charge on any atom is -0.329 e. The SMILES string of the molecule is CN(C)CC1CCN(C(CN)C2CC2)CC1. The second kappa shape index (κ2) is 5.48. The predicted octanol–water partition coefficient (Wildman–Crippen LogP) is 0.997. The molecule has 1 saturated heterocycles. The molecule has 2 N–H and O–H groups in total. The third kappa shape index (κ3) is 3.19. The zero-order chi connectivity index (χ0) is 11.5. The molecule has 1 saturated carbocycles. The normalized spacial score (nSPS) is 26.2. The van der Waals surface area contributed by atoms with Gasteiger partial charge in [-0.1, -0.05) is 0 Å². The van der Waals surface area contributed by atoms with E-state index in [1.54, 1.807) is 0 Å². The van der Waals surface area contributed by atoms with Gasteiger partial charge in [0.25, 0.3) is 0 Å². The summed E-state index contributed by atoms with van der Waals surface area (Å²) in [6, 6.07) is 0.695. The van der Waals surface area contributed by atoms with Crippen LogP contribution in [0.5, 0.6) is 0 Å². The zero-order valence-corrected chi connectivity index (χ0v) is 10.9. The molecule has 2 rings (SSSR count). The van der Waals surface area contributed by atoms with E-state index in [9.17, 15) is 0 Å². The Morgan fingerprint density at radius 2 is 1.81 bits per heavy atom. The number of rotatable bonds is 5. The Balaban J connectivity index is 1.75. The Morgan fingerprint density at radius 1 is 1.19 bits per heavy atom. The first-order valence-corrected chi connectivity index (χ1v) is 6.79. The highest BCUT2D eigenvalue weighted by Crippen LogP contribution is 2.36. The first kappa shape index (κ1) is 12.3. The van der Waals surface area contributed by atoms with Crippen LogP contribution in [0.1, 0.15) is 25.7 Å². The monoisotopic (exact) mass is 225 g/mol. The highest BCUT2D eigenvalue weighted by Gasteiger charge is 2.35. The molecule has 1 aliphatic heterocycles. The number of hydrogen-bond donors (Lipinski definition) is 1. The van der Waals surface area contributed by atoms with Crippen LogP contribution in [0.25, 0.3) is 0 Å². The van der Waals surface area contributed by atoms with Gasteiger partial charge >= 0.3 is 0 Å². The van der Waals surface area contributed by atoms with E-state index in [1.165, 1.54) is 45.3 Å². The standard InChI is InChI=1S/C13H27N3/c1-15(2)10-11-5-7-16(8-6-11)13(9-14)12-3-4-12/h11-13H,3-10,14H2,1-2H3. The third-order valence-corrected chi connectivity index (χ3v) is 4.15. The molecule has 94 valence electrons. The summed E-state index contributed by atoms with van der Waals surface area (Å²) in [6.07, 6.45) is 5.56. The second-order valence-corrected chi connectivity index (χ2v) is 5.88. The van der Waals surface area contributed by atoms with E-state index in [-0.39, 0.29) is 0 Å². The van der Waals surface area contributed by atoms with Crippen LogP contribution in [-0.2, 0) is 0 Å². The molecule has 16 heavy (non-hydrogen) atoms. The maximum atomic E-state index is 5.91. The number of hydrogen-bond acceptors (Lipinski definition) is 3. The molecule has 1 aliphatic carbocycles. The lowest BCUT2D eigenvalue weighted by Gasteiger charge is -2.38. The average molecular weight is 225 g/mol. The van der Waals surface area contributed by atoms with E-state index >= 15 is 0 Å². The van der Waals surface area contributed by atoms with Gasteiger partial charge in [0.1, 0.15) is 0 Å². The molecular formula is C13H27N3. The van der Waals surface area contributed by atoms with Gasteiger partial charge in [-0.15, -0.1) is 0 Å². The van der Waals surface area contributed by atoms with Crippen LogP contribution >= 0.6 is 0 Å². The summed E-state index contributed by atoms with van der Waals surface area (Å²) in [5.74, 6) is 1.83. The first-order chi connectivity index (χ1) is 7.70. The third-order valence-electron chi connectivity index (χ3n) is 4.15. The van der Waals surface area contributed by atoms with Gasteiger partial charge in [-0.25, -0.2) is 0 Å². The molecule has 3 nitrogen and oxygen atoms in total. The van der Waals surface area contributed by atoms with Crippen LogP contribution in [0.15, 0.2) is 0 Å². The van der Waals surface area contributed by atoms with E-state index in [1.807, 2.05) is 0 Å². The van der Waals surface area contributed by atoms with E-state index in [0.29, 0.717) is 6.04 Å². The highest BCUT2D eigenvalue weighted by molar-refractivity contribution is 4.90. The number of piperidine rings is 1. The number of nitrogens with zero attached hydrogens (tertiary/aromatic N) is 2. The van der Waals surface area contributed by atoms with Crippen molar-refractivity contribution in [2.24, 2.45) is 17.6 Å². The van der Waals surface area contributed by atoms with E-state index < -0.39 is 0 Å². The first-order valence-electron chi connectivity index (χ1n) is 6.79. The van der Waals surface area contributed by atoms with Crippen LogP contribution in [0, 0.1) is 11.8 Å². The van der Waals surface area contributed by atoms with Gasteiger partial charge in [0.2, 0.25) is 0 Å². The molecule has 2 fully saturated rings. The molecule has 2 aliphatic rings. The van der Waals surface area contributed by atoms with Crippen molar-refractivity contribution < 1.29 is 0 Å². The van der Waals surface area contributed by atoms with Crippen molar-refractivity contribution >= 4 is 0 Å². The molecule has 0 spiro atoms. The largest absolute Gasteiger partial charge is 0.329 e. The molecule has 1 atom stereocenters. The van der Waals surface area contributed by atoms with Gasteiger partial charge < -0.3 is 10.6 Å². The van der Waals surface area contributed by atoms with Crippen LogP contribution in [0.4, 0.5) is 0 Å². The van der Waals surface area contributed by atoms with E-state index in [0.717, 1.165) is 18.4 Å². The van der Waals surface area contributed by atoms with E-state index in [4.69, 9.17) is 5.73 Å². The quantitative estimate of drug-likeness (QED) is 0.757. The lowest BCUT2D eigenvalue weighted by molar-refractivity contribution is 0.112. The van der Waals surface area contributed by atoms with Gasteiger partial charge in [-0.05, 0) is 64.7 Å². The van der Waals surface area contributed by atoms with Crippen molar-refractivity contribution in [1.82, 2.24) is 9.80 Å². The zero-order valence-electron chi connectivity index (χ0n) is 10.9. The van der Waals surface area contributed by atoms with Crippen LogP contribution in [0.3, 0.4) is 0 Å². The minimum absolute atomic E-state index is 0.695. The number of nitrogens with two attached hydrogens (primary N) is 1. The summed E-state index contributed by atoms with van der Waals surface area (Å²) >= 11 is 0. The molecule has 1 unspecified atom stereocenters. The Labute approximate surface area is 100.0 Å². The molecule has 0 aromatic carbocycles. The van der Waals surface area contributed by atoms with Crippen molar-refractivity contribution in [2.45, 2.75) is 31.7 Å². The maximum absolute atomic E-state index is 5.91. The Morgan fingerprint density at radius 3 is 2.25 bits per heavy atom. The Bertz CT molecular complexity index is 205. The van der Waals surface area contributed by atoms with Crippen molar-refractivity contribution in [3.05, 3.63) is 0 Å². The van der Waals surface area contributed by atoms with Gasteiger partial charge in [-0.2, -0.15) is 0 Å². The molecule has 0 aromatic rings. The topological polar surface area (TPSA) is 32.5 Å². The van der Waals surface area contributed by atoms with Crippen LogP contribution in [0.2, 0.25) is 0 Å².